The predicted molar refractivity (Wildman–Crippen MR) is 86.7 cm³/mol. The van der Waals surface area contributed by atoms with Gasteiger partial charge in [0.05, 0.1) is 18.6 Å². The van der Waals surface area contributed by atoms with Gasteiger partial charge < -0.3 is 10.0 Å². The van der Waals surface area contributed by atoms with Gasteiger partial charge in [0.15, 0.2) is 0 Å². The summed E-state index contributed by atoms with van der Waals surface area (Å²) in [5.74, 6) is -3.15. The number of carbonyl (C=O) groups is 1. The van der Waals surface area contributed by atoms with Crippen LogP contribution in [-0.2, 0) is 11.3 Å². The van der Waals surface area contributed by atoms with Crippen LogP contribution in [-0.4, -0.2) is 58.5 Å². The molecule has 0 spiro atoms. The summed E-state index contributed by atoms with van der Waals surface area (Å²) in [6, 6.07) is 9.97. The molecule has 3 rings (SSSR count). The van der Waals surface area contributed by atoms with Crippen molar-refractivity contribution in [3.63, 3.8) is 0 Å². The van der Waals surface area contributed by atoms with Crippen LogP contribution < -0.4 is 0 Å². The first-order valence-electron chi connectivity index (χ1n) is 8.50. The lowest BCUT2D eigenvalue weighted by atomic mass is 9.89. The van der Waals surface area contributed by atoms with Gasteiger partial charge in [-0.15, -0.1) is 0 Å². The van der Waals surface area contributed by atoms with Crippen molar-refractivity contribution in [3.8, 4) is 0 Å². The number of aliphatic hydroxyl groups is 1. The van der Waals surface area contributed by atoms with Crippen molar-refractivity contribution < 1.29 is 18.7 Å². The summed E-state index contributed by atoms with van der Waals surface area (Å²) in [7, 11) is 0. The van der Waals surface area contributed by atoms with E-state index in [1.165, 1.54) is 4.90 Å². The number of benzene rings is 1. The van der Waals surface area contributed by atoms with Crippen molar-refractivity contribution in [2.75, 3.05) is 26.2 Å². The molecule has 0 aromatic heterocycles. The van der Waals surface area contributed by atoms with Crippen LogP contribution in [0.25, 0.3) is 0 Å². The highest BCUT2D eigenvalue weighted by Crippen LogP contribution is 2.30. The number of alkyl halides is 2. The van der Waals surface area contributed by atoms with E-state index < -0.39 is 18.1 Å². The maximum atomic E-state index is 13.3. The zero-order chi connectivity index (χ0) is 17.2. The molecule has 2 heterocycles. The SMILES string of the molecule is O=C(CC1(O)CCCN(Cc2ccccc2)C1)N1CCC(F)(F)C1. The summed E-state index contributed by atoms with van der Waals surface area (Å²) in [5, 5.41) is 10.8. The lowest BCUT2D eigenvalue weighted by molar-refractivity contribution is -0.139. The van der Waals surface area contributed by atoms with Crippen LogP contribution in [0.1, 0.15) is 31.2 Å². The molecule has 0 radical (unpaired) electrons. The molecule has 2 aliphatic heterocycles. The minimum absolute atomic E-state index is 0.0750. The highest BCUT2D eigenvalue weighted by Gasteiger charge is 2.43. The zero-order valence-electron chi connectivity index (χ0n) is 13.8. The molecule has 1 aromatic rings. The van der Waals surface area contributed by atoms with Crippen molar-refractivity contribution in [3.05, 3.63) is 35.9 Å². The predicted octanol–water partition coefficient (Wildman–Crippen LogP) is 2.27. The molecule has 1 unspecified atom stereocenters. The third-order valence-electron chi connectivity index (χ3n) is 4.89. The Labute approximate surface area is 141 Å². The zero-order valence-corrected chi connectivity index (χ0v) is 13.8. The summed E-state index contributed by atoms with van der Waals surface area (Å²) in [5.41, 5.74) is 0.0365. The monoisotopic (exact) mass is 338 g/mol. The van der Waals surface area contributed by atoms with Gasteiger partial charge >= 0.3 is 0 Å². The second-order valence-electron chi connectivity index (χ2n) is 7.12. The highest BCUT2D eigenvalue weighted by molar-refractivity contribution is 5.77. The first-order valence-corrected chi connectivity index (χ1v) is 8.50. The van der Waals surface area contributed by atoms with E-state index in [0.29, 0.717) is 13.0 Å². The van der Waals surface area contributed by atoms with E-state index in [1.54, 1.807) is 0 Å². The average molecular weight is 338 g/mol. The van der Waals surface area contributed by atoms with Crippen LogP contribution in [0.4, 0.5) is 8.78 Å². The molecule has 1 N–H and O–H groups in total. The molecule has 6 heteroatoms. The maximum Gasteiger partial charge on any atom is 0.267 e. The molecular formula is C18H24F2N2O2. The summed E-state index contributed by atoms with van der Waals surface area (Å²) >= 11 is 0. The number of halogens is 2. The van der Waals surface area contributed by atoms with E-state index in [2.05, 4.69) is 4.90 Å². The summed E-state index contributed by atoms with van der Waals surface area (Å²) < 4.78 is 26.5. The molecule has 2 fully saturated rings. The van der Waals surface area contributed by atoms with Gasteiger partial charge in [0.1, 0.15) is 0 Å². The quantitative estimate of drug-likeness (QED) is 0.916. The summed E-state index contributed by atoms with van der Waals surface area (Å²) in [6.45, 7) is 1.55. The molecular weight excluding hydrogens is 314 g/mol. The van der Waals surface area contributed by atoms with Crippen molar-refractivity contribution in [1.82, 2.24) is 9.80 Å². The van der Waals surface area contributed by atoms with Crippen molar-refractivity contribution in [2.45, 2.75) is 43.8 Å². The Morgan fingerprint density at radius 1 is 1.12 bits per heavy atom. The van der Waals surface area contributed by atoms with Gasteiger partial charge in [-0.1, -0.05) is 30.3 Å². The van der Waals surface area contributed by atoms with Crippen LogP contribution in [0.2, 0.25) is 0 Å². The Balaban J connectivity index is 1.57. The van der Waals surface area contributed by atoms with Crippen LogP contribution in [0.5, 0.6) is 0 Å². The molecule has 1 aromatic carbocycles. The highest BCUT2D eigenvalue weighted by atomic mass is 19.3. The first kappa shape index (κ1) is 17.3. The minimum atomic E-state index is -2.79. The lowest BCUT2D eigenvalue weighted by Gasteiger charge is -2.39. The molecule has 1 amide bonds. The Kier molecular flexibility index (Phi) is 4.88. The number of piperidine rings is 1. The van der Waals surface area contributed by atoms with Gasteiger partial charge in [-0.2, -0.15) is 0 Å². The number of nitrogens with zero attached hydrogens (tertiary/aromatic N) is 2. The molecule has 0 bridgehead atoms. The lowest BCUT2D eigenvalue weighted by Crippen LogP contribution is -2.50. The molecule has 2 saturated heterocycles. The molecule has 0 saturated carbocycles. The van der Waals surface area contributed by atoms with E-state index in [9.17, 15) is 18.7 Å². The van der Waals surface area contributed by atoms with Gasteiger partial charge in [-0.3, -0.25) is 9.69 Å². The van der Waals surface area contributed by atoms with Crippen LogP contribution in [0.15, 0.2) is 30.3 Å². The van der Waals surface area contributed by atoms with Crippen molar-refractivity contribution >= 4 is 5.91 Å². The van der Waals surface area contributed by atoms with Crippen LogP contribution in [0.3, 0.4) is 0 Å². The van der Waals surface area contributed by atoms with E-state index >= 15 is 0 Å². The number of β-amino-alcohol motifs (C(OH)–C–C–N with tert-alkyl or cyclic N) is 1. The Hall–Kier alpha value is -1.53. The van der Waals surface area contributed by atoms with Crippen molar-refractivity contribution in [2.24, 2.45) is 0 Å². The van der Waals surface area contributed by atoms with E-state index in [4.69, 9.17) is 0 Å². The van der Waals surface area contributed by atoms with Gasteiger partial charge in [-0.05, 0) is 24.9 Å². The minimum Gasteiger partial charge on any atom is -0.388 e. The van der Waals surface area contributed by atoms with E-state index in [1.807, 2.05) is 30.3 Å². The van der Waals surface area contributed by atoms with Gasteiger partial charge in [0, 0.05) is 26.1 Å². The number of hydrogen-bond acceptors (Lipinski definition) is 3. The number of rotatable bonds is 4. The third kappa shape index (κ3) is 4.30. The smallest absolute Gasteiger partial charge is 0.267 e. The molecule has 132 valence electrons. The topological polar surface area (TPSA) is 43.8 Å². The fourth-order valence-electron chi connectivity index (χ4n) is 3.67. The standard InChI is InChI=1S/C18H24F2N2O2/c19-18(20)8-10-22(14-18)16(23)11-17(24)7-4-9-21(13-17)12-15-5-2-1-3-6-15/h1-3,5-6,24H,4,7-14H2. The summed E-state index contributed by atoms with van der Waals surface area (Å²) in [6.07, 6.45) is 0.979. The third-order valence-corrected chi connectivity index (χ3v) is 4.89. The average Bonchev–Trinajstić information content (AvgIpc) is 2.88. The fraction of sp³-hybridized carbons (Fsp3) is 0.611. The molecule has 4 nitrogen and oxygen atoms in total. The van der Waals surface area contributed by atoms with Crippen LogP contribution in [0, 0.1) is 0 Å². The maximum absolute atomic E-state index is 13.3. The Morgan fingerprint density at radius 2 is 1.88 bits per heavy atom. The number of carbonyl (C=O) groups excluding carboxylic acids is 1. The Bertz CT molecular complexity index is 582. The molecule has 0 aliphatic carbocycles. The second-order valence-corrected chi connectivity index (χ2v) is 7.12. The van der Waals surface area contributed by atoms with E-state index in [-0.39, 0.29) is 25.3 Å². The van der Waals surface area contributed by atoms with Crippen molar-refractivity contribution in [1.29, 1.82) is 0 Å². The van der Waals surface area contributed by atoms with E-state index in [0.717, 1.165) is 25.1 Å². The molecule has 1 atom stereocenters. The van der Waals surface area contributed by atoms with Gasteiger partial charge in [-0.25, -0.2) is 8.78 Å². The molecule has 24 heavy (non-hydrogen) atoms. The first-order chi connectivity index (χ1) is 11.4. The number of amides is 1. The van der Waals surface area contributed by atoms with Gasteiger partial charge in [0.2, 0.25) is 5.91 Å². The normalized spacial score (nSPS) is 27.4. The number of hydrogen-bond donors (Lipinski definition) is 1. The summed E-state index contributed by atoms with van der Waals surface area (Å²) in [4.78, 5) is 15.6. The molecule has 2 aliphatic rings. The largest absolute Gasteiger partial charge is 0.388 e. The second kappa shape index (κ2) is 6.76. The van der Waals surface area contributed by atoms with Crippen LogP contribution >= 0.6 is 0 Å². The fourth-order valence-corrected chi connectivity index (χ4v) is 3.67. The Morgan fingerprint density at radius 3 is 2.54 bits per heavy atom. The number of likely N-dealkylation sites (tertiary alicyclic amines) is 2. The van der Waals surface area contributed by atoms with Gasteiger partial charge in [0.25, 0.3) is 5.92 Å².